The van der Waals surface area contributed by atoms with E-state index in [4.69, 9.17) is 48.9 Å². The molecule has 2 N–H and O–H groups in total. The van der Waals surface area contributed by atoms with Crippen LogP contribution in [0.15, 0.2) is 72.8 Å². The number of carbonyl (C=O) groups is 6. The van der Waals surface area contributed by atoms with E-state index in [1.165, 1.54) is 72.8 Å². The van der Waals surface area contributed by atoms with Crippen LogP contribution in [0.3, 0.4) is 0 Å². The zero-order valence-corrected chi connectivity index (χ0v) is 36.1. The maximum atomic E-state index is 13.1. The number of amides is 2. The van der Waals surface area contributed by atoms with Gasteiger partial charge in [-0.2, -0.15) is 0 Å². The highest BCUT2D eigenvalue weighted by atomic mass is 16.5. The zero-order valence-electron chi connectivity index (χ0n) is 36.1. The van der Waals surface area contributed by atoms with Gasteiger partial charge in [0.1, 0.15) is 29.0 Å². The maximum absolute atomic E-state index is 13.1. The third-order valence-electron chi connectivity index (χ3n) is 9.42. The summed E-state index contributed by atoms with van der Waals surface area (Å²) in [4.78, 5) is 75.1. The summed E-state index contributed by atoms with van der Waals surface area (Å²) in [6, 6.07) is 17.1. The molecule has 0 aromatic heterocycles. The topological polar surface area (TPSA) is 262 Å². The van der Waals surface area contributed by atoms with E-state index in [0.29, 0.717) is 118 Å². The summed E-state index contributed by atoms with van der Waals surface area (Å²) in [7, 11) is 0. The number of nitriles is 3. The number of benzene rings is 3. The number of hydrogen-bond donors (Lipinski definition) is 2. The largest absolute Gasteiger partial charge is 0.464 e. The summed E-state index contributed by atoms with van der Waals surface area (Å²) in [6.07, 6.45) is 11.6. The Kier molecular flexibility index (Phi) is 24.8. The number of rotatable bonds is 31. The van der Waals surface area contributed by atoms with E-state index in [9.17, 15) is 28.8 Å². The molecule has 0 saturated heterocycles. The van der Waals surface area contributed by atoms with Gasteiger partial charge in [0.2, 0.25) is 11.8 Å². The van der Waals surface area contributed by atoms with Crippen molar-refractivity contribution >= 4 is 35.7 Å². The van der Waals surface area contributed by atoms with Gasteiger partial charge in [0.25, 0.3) is 18.8 Å². The molecule has 0 aliphatic carbocycles. The molecule has 3 rings (SSSR count). The Hall–Kier alpha value is -7.65. The van der Waals surface area contributed by atoms with Crippen molar-refractivity contribution in [2.45, 2.75) is 102 Å². The Morgan fingerprint density at radius 3 is 1.40 bits per heavy atom. The Labute approximate surface area is 377 Å². The summed E-state index contributed by atoms with van der Waals surface area (Å²) in [5, 5.41) is 31.4. The number of hydrogen-bond acceptors (Lipinski definition) is 16. The molecule has 18 heteroatoms. The van der Waals surface area contributed by atoms with Crippen molar-refractivity contribution in [2.75, 3.05) is 26.4 Å². The second-order valence-corrected chi connectivity index (χ2v) is 14.4. The van der Waals surface area contributed by atoms with Crippen molar-refractivity contribution in [3.63, 3.8) is 0 Å². The number of ether oxygens (including phenoxy) is 7. The molecule has 3 aromatic carbocycles. The molecule has 0 aliphatic rings. The minimum absolute atomic E-state index is 0.0868. The van der Waals surface area contributed by atoms with Crippen molar-refractivity contribution in [3.8, 4) is 41.8 Å². The summed E-state index contributed by atoms with van der Waals surface area (Å²) in [5.74, 6) is -1.24. The van der Waals surface area contributed by atoms with Crippen molar-refractivity contribution in [1.82, 2.24) is 10.6 Å². The fourth-order valence-electron chi connectivity index (χ4n) is 5.99. The third kappa shape index (κ3) is 22.3. The number of esters is 4. The zero-order chi connectivity index (χ0) is 46.9. The lowest BCUT2D eigenvalue weighted by molar-refractivity contribution is -0.148. The predicted octanol–water partition coefficient (Wildman–Crippen LogP) is 6.88. The molecule has 1 unspecified atom stereocenters. The van der Waals surface area contributed by atoms with Gasteiger partial charge in [0.15, 0.2) is 0 Å². The Morgan fingerprint density at radius 1 is 0.477 bits per heavy atom. The molecule has 0 bridgehead atoms. The van der Waals surface area contributed by atoms with Crippen LogP contribution in [0.5, 0.6) is 23.0 Å². The van der Waals surface area contributed by atoms with E-state index in [1.54, 1.807) is 18.8 Å². The summed E-state index contributed by atoms with van der Waals surface area (Å²) < 4.78 is 35.4. The van der Waals surface area contributed by atoms with Crippen LogP contribution in [0.2, 0.25) is 0 Å². The highest BCUT2D eigenvalue weighted by Crippen LogP contribution is 2.19. The molecule has 0 fully saturated rings. The van der Waals surface area contributed by atoms with Crippen LogP contribution in [0.25, 0.3) is 0 Å². The van der Waals surface area contributed by atoms with Gasteiger partial charge in [0, 0.05) is 25.8 Å². The summed E-state index contributed by atoms with van der Waals surface area (Å²) >= 11 is 0. The van der Waals surface area contributed by atoms with Crippen LogP contribution in [0, 0.1) is 34.6 Å². The van der Waals surface area contributed by atoms with Gasteiger partial charge in [-0.05, 0) is 150 Å². The van der Waals surface area contributed by atoms with Gasteiger partial charge in [-0.15, -0.1) is 15.8 Å². The van der Waals surface area contributed by atoms with Crippen LogP contribution in [-0.4, -0.2) is 68.1 Å². The first-order chi connectivity index (χ1) is 31.6. The average Bonchev–Trinajstić information content (AvgIpc) is 3.30. The first-order valence-corrected chi connectivity index (χ1v) is 21.4. The quantitative estimate of drug-likeness (QED) is 0.0219. The fourth-order valence-corrected chi connectivity index (χ4v) is 5.99. The second kappa shape index (κ2) is 31.2. The smallest absolute Gasteiger partial charge is 0.338 e. The predicted molar refractivity (Wildman–Crippen MR) is 229 cm³/mol. The standard InChI is InChI=1S/C47H53N5O13/c48-32-62-37-20-16-35(17-21-37)45(56)59-29-9-1-4-13-42(53)51-28-8-7-12-41(47(58)61-31-11-3-6-15-44(55)65-40-26-24-39(25-27-40)64-34-50)52-43(54)14-5-2-10-30-60-46(57)36-18-22-38(23-19-36)63-33-49/h16-27,41H,1-15,28-31H2,(H,51,53)(H,52,54). The molecular weight excluding hydrogens is 843 g/mol. The van der Waals surface area contributed by atoms with Gasteiger partial charge in [-0.3, -0.25) is 14.4 Å². The Morgan fingerprint density at radius 2 is 0.908 bits per heavy atom. The molecule has 65 heavy (non-hydrogen) atoms. The lowest BCUT2D eigenvalue weighted by atomic mass is 10.1. The van der Waals surface area contributed by atoms with Crippen LogP contribution in [0.1, 0.15) is 117 Å². The first kappa shape index (κ1) is 51.7. The number of nitrogens with one attached hydrogen (secondary N) is 2. The monoisotopic (exact) mass is 895 g/mol. The first-order valence-electron chi connectivity index (χ1n) is 21.4. The molecule has 18 nitrogen and oxygen atoms in total. The minimum atomic E-state index is -0.907. The van der Waals surface area contributed by atoms with Crippen LogP contribution in [-0.2, 0) is 33.4 Å². The number of unbranched alkanes of at least 4 members (excludes halogenated alkanes) is 7. The van der Waals surface area contributed by atoms with Gasteiger partial charge >= 0.3 is 23.9 Å². The number of carbonyl (C=O) groups excluding carboxylic acids is 6. The van der Waals surface area contributed by atoms with Gasteiger partial charge in [0.05, 0.1) is 30.9 Å². The lowest BCUT2D eigenvalue weighted by Gasteiger charge is -2.18. The summed E-state index contributed by atoms with van der Waals surface area (Å²) in [6.45, 7) is 0.806. The van der Waals surface area contributed by atoms with Gasteiger partial charge in [-0.25, -0.2) is 14.4 Å². The Bertz CT molecular complexity index is 2090. The van der Waals surface area contributed by atoms with E-state index in [1.807, 2.05) is 0 Å². The highest BCUT2D eigenvalue weighted by molar-refractivity contribution is 5.90. The van der Waals surface area contributed by atoms with E-state index in [2.05, 4.69) is 10.6 Å². The van der Waals surface area contributed by atoms with Crippen molar-refractivity contribution < 1.29 is 61.9 Å². The summed E-state index contributed by atoms with van der Waals surface area (Å²) in [5.41, 5.74) is 0.641. The molecule has 2 amide bonds. The molecule has 0 radical (unpaired) electrons. The third-order valence-corrected chi connectivity index (χ3v) is 9.42. The normalized spacial score (nSPS) is 10.7. The van der Waals surface area contributed by atoms with E-state index in [-0.39, 0.29) is 50.9 Å². The average molecular weight is 896 g/mol. The van der Waals surface area contributed by atoms with Gasteiger partial charge in [-0.1, -0.05) is 0 Å². The van der Waals surface area contributed by atoms with E-state index >= 15 is 0 Å². The fraction of sp³-hybridized carbons (Fsp3) is 0.426. The number of nitrogens with zero attached hydrogens (tertiary/aromatic N) is 3. The molecule has 344 valence electrons. The van der Waals surface area contributed by atoms with Crippen LogP contribution < -0.4 is 29.6 Å². The minimum Gasteiger partial charge on any atom is -0.464 e. The Balaban J connectivity index is 1.33. The molecule has 0 heterocycles. The SMILES string of the molecule is N#COc1ccc(OC(=O)CCCCCOC(=O)C(CCCCNC(=O)CCCCCOC(=O)c2ccc(OC#N)cc2)NC(=O)CCCCCOC(=O)c2ccc(OC#N)cc2)cc1. The second-order valence-electron chi connectivity index (χ2n) is 14.4. The van der Waals surface area contributed by atoms with E-state index < -0.39 is 29.9 Å². The lowest BCUT2D eigenvalue weighted by Crippen LogP contribution is -2.42. The van der Waals surface area contributed by atoms with Crippen LogP contribution in [0.4, 0.5) is 0 Å². The molecule has 0 spiro atoms. The van der Waals surface area contributed by atoms with Crippen molar-refractivity contribution in [3.05, 3.63) is 83.9 Å². The molecular formula is C47H53N5O13. The van der Waals surface area contributed by atoms with E-state index in [0.717, 1.165) is 0 Å². The molecule has 1 atom stereocenters. The van der Waals surface area contributed by atoms with Crippen molar-refractivity contribution in [2.24, 2.45) is 0 Å². The molecule has 0 saturated carbocycles. The van der Waals surface area contributed by atoms with Crippen LogP contribution >= 0.6 is 0 Å². The molecule has 3 aromatic rings. The van der Waals surface area contributed by atoms with Gasteiger partial charge < -0.3 is 43.8 Å². The maximum Gasteiger partial charge on any atom is 0.338 e. The van der Waals surface area contributed by atoms with Crippen molar-refractivity contribution in [1.29, 1.82) is 15.8 Å². The molecule has 0 aliphatic heterocycles. The highest BCUT2D eigenvalue weighted by Gasteiger charge is 2.22.